The molecule has 0 saturated carbocycles. The fourth-order valence-electron chi connectivity index (χ4n) is 3.87. The molecule has 0 saturated heterocycles. The van der Waals surface area contributed by atoms with Crippen LogP contribution in [0.2, 0.25) is 10.0 Å². The summed E-state index contributed by atoms with van der Waals surface area (Å²) in [6.45, 7) is 3.77. The number of carbonyl (C=O) groups excluding carboxylic acids is 5. The Kier molecular flexibility index (Phi) is 14.7. The summed E-state index contributed by atoms with van der Waals surface area (Å²) in [5.74, 6) is -2.36. The van der Waals surface area contributed by atoms with E-state index in [-0.39, 0.29) is 31.1 Å². The minimum absolute atomic E-state index is 0.0302. The topological polar surface area (TPSA) is 198 Å². The van der Waals surface area contributed by atoms with Gasteiger partial charge in [0.05, 0.1) is 28.2 Å². The normalized spacial score (nSPS) is 12.8. The van der Waals surface area contributed by atoms with Crippen LogP contribution in [0.15, 0.2) is 42.5 Å². The molecule has 9 N–H and O–H groups in total. The number of rotatable bonds is 17. The quantitative estimate of drug-likeness (QED) is 0.129. The van der Waals surface area contributed by atoms with Crippen molar-refractivity contribution in [1.29, 1.82) is 0 Å². The van der Waals surface area contributed by atoms with Gasteiger partial charge in [-0.15, -0.1) is 0 Å². The zero-order chi connectivity index (χ0) is 31.9. The molecule has 234 valence electrons. The monoisotopic (exact) mass is 635 g/mol. The number of amides is 5. The molecule has 0 aromatic heterocycles. The Morgan fingerprint density at radius 2 is 1.44 bits per heavy atom. The number of unbranched alkanes of at least 4 members (excludes halogenated alkanes) is 1. The first-order valence-electron chi connectivity index (χ1n) is 13.9. The summed E-state index contributed by atoms with van der Waals surface area (Å²) >= 11 is 12.5. The maximum atomic E-state index is 12.5. The van der Waals surface area contributed by atoms with Crippen LogP contribution in [0.4, 0.5) is 11.4 Å². The molecule has 0 spiro atoms. The van der Waals surface area contributed by atoms with E-state index < -0.39 is 35.8 Å². The smallest absolute Gasteiger partial charge is 0.242 e. The summed E-state index contributed by atoms with van der Waals surface area (Å²) in [5, 5.41) is 14.7. The molecule has 0 aliphatic heterocycles. The Morgan fingerprint density at radius 3 is 2.07 bits per heavy atom. The highest BCUT2D eigenvalue weighted by molar-refractivity contribution is 6.39. The number of anilines is 2. The second kappa shape index (κ2) is 17.9. The van der Waals surface area contributed by atoms with Gasteiger partial charge in [0.1, 0.15) is 12.1 Å². The summed E-state index contributed by atoms with van der Waals surface area (Å²) in [4.78, 5) is 60.3. The largest absolute Gasteiger partial charge is 0.368 e. The van der Waals surface area contributed by atoms with Crippen LogP contribution in [-0.4, -0.2) is 60.8 Å². The highest BCUT2D eigenvalue weighted by Gasteiger charge is 2.22. The van der Waals surface area contributed by atoms with E-state index in [1.807, 2.05) is 24.3 Å². The Labute approximate surface area is 261 Å². The van der Waals surface area contributed by atoms with Crippen LogP contribution in [0.3, 0.4) is 0 Å². The first-order chi connectivity index (χ1) is 20.4. The van der Waals surface area contributed by atoms with Crippen molar-refractivity contribution in [3.05, 3.63) is 58.1 Å². The number of nitrogens with one attached hydrogen (secondary N) is 5. The van der Waals surface area contributed by atoms with Crippen molar-refractivity contribution < 1.29 is 24.0 Å². The van der Waals surface area contributed by atoms with Gasteiger partial charge in [0.15, 0.2) is 0 Å². The molecule has 5 amide bonds. The molecule has 43 heavy (non-hydrogen) atoms. The van der Waals surface area contributed by atoms with E-state index in [1.165, 1.54) is 13.8 Å². The van der Waals surface area contributed by atoms with Gasteiger partial charge in [-0.1, -0.05) is 47.5 Å². The van der Waals surface area contributed by atoms with Gasteiger partial charge in [-0.25, -0.2) is 0 Å². The third-order valence-electron chi connectivity index (χ3n) is 6.32. The van der Waals surface area contributed by atoms with Gasteiger partial charge in [-0.05, 0) is 56.9 Å². The molecule has 2 aromatic rings. The van der Waals surface area contributed by atoms with Gasteiger partial charge >= 0.3 is 0 Å². The van der Waals surface area contributed by atoms with Crippen LogP contribution >= 0.6 is 23.2 Å². The SMILES string of the molecule is C[C@H](N)C(=O)N[C@H](CCC(=O)N[C@@H](C)C(=O)NCCCCNC(=O)Cc1ccccc1Nc1c(Cl)cccc1Cl)C(N)=O. The van der Waals surface area contributed by atoms with Crippen LogP contribution in [0.5, 0.6) is 0 Å². The van der Waals surface area contributed by atoms with Gasteiger partial charge in [-0.2, -0.15) is 0 Å². The molecule has 0 bridgehead atoms. The predicted octanol–water partition coefficient (Wildman–Crippen LogP) is 1.89. The fraction of sp³-hybridized carbons (Fsp3) is 0.414. The predicted molar refractivity (Wildman–Crippen MR) is 167 cm³/mol. The lowest BCUT2D eigenvalue weighted by atomic mass is 10.1. The lowest BCUT2D eigenvalue weighted by molar-refractivity contribution is -0.130. The number of benzene rings is 2. The minimum atomic E-state index is -1.05. The molecule has 14 heteroatoms. The van der Waals surface area contributed by atoms with Gasteiger partial charge in [0.2, 0.25) is 29.5 Å². The van der Waals surface area contributed by atoms with Gasteiger partial charge in [0, 0.05) is 25.2 Å². The van der Waals surface area contributed by atoms with E-state index in [2.05, 4.69) is 26.6 Å². The van der Waals surface area contributed by atoms with Crippen molar-refractivity contribution in [3.8, 4) is 0 Å². The Morgan fingerprint density at radius 1 is 0.814 bits per heavy atom. The molecule has 0 radical (unpaired) electrons. The fourth-order valence-corrected chi connectivity index (χ4v) is 4.36. The van der Waals surface area contributed by atoms with Crippen molar-refractivity contribution in [3.63, 3.8) is 0 Å². The van der Waals surface area contributed by atoms with Crippen molar-refractivity contribution in [2.75, 3.05) is 18.4 Å². The second-order valence-corrected chi connectivity index (χ2v) is 10.8. The number of nitrogens with two attached hydrogens (primary N) is 2. The number of primary amides is 1. The summed E-state index contributed by atoms with van der Waals surface area (Å²) in [6.07, 6.45) is 1.23. The van der Waals surface area contributed by atoms with Crippen LogP contribution in [0.1, 0.15) is 45.1 Å². The second-order valence-electron chi connectivity index (χ2n) is 9.98. The average Bonchev–Trinajstić information content (AvgIpc) is 2.95. The van der Waals surface area contributed by atoms with Crippen molar-refractivity contribution in [2.24, 2.45) is 11.5 Å². The Hall–Kier alpha value is -3.87. The molecule has 2 aromatic carbocycles. The zero-order valence-corrected chi connectivity index (χ0v) is 25.7. The molecule has 0 aliphatic carbocycles. The number of hydrogen-bond donors (Lipinski definition) is 7. The van der Waals surface area contributed by atoms with E-state index in [0.29, 0.717) is 41.7 Å². The number of halogens is 2. The van der Waals surface area contributed by atoms with E-state index in [1.54, 1.807) is 18.2 Å². The number of hydrogen-bond acceptors (Lipinski definition) is 7. The Balaban J connectivity index is 1.67. The molecule has 0 fully saturated rings. The molecule has 0 heterocycles. The molecular weight excluding hydrogens is 597 g/mol. The Bertz CT molecular complexity index is 1270. The molecule has 3 atom stereocenters. The summed E-state index contributed by atoms with van der Waals surface area (Å²) in [5.41, 5.74) is 12.8. The molecule has 0 unspecified atom stereocenters. The highest BCUT2D eigenvalue weighted by atomic mass is 35.5. The van der Waals surface area contributed by atoms with Crippen LogP contribution < -0.4 is 38.1 Å². The lowest BCUT2D eigenvalue weighted by Crippen LogP contribution is -2.50. The summed E-state index contributed by atoms with van der Waals surface area (Å²) in [7, 11) is 0. The van der Waals surface area contributed by atoms with Gasteiger partial charge in [-0.3, -0.25) is 24.0 Å². The first kappa shape index (κ1) is 35.3. The van der Waals surface area contributed by atoms with Crippen LogP contribution in [0, 0.1) is 0 Å². The van der Waals surface area contributed by atoms with Crippen LogP contribution in [-0.2, 0) is 30.4 Å². The third kappa shape index (κ3) is 12.5. The van der Waals surface area contributed by atoms with E-state index in [9.17, 15) is 24.0 Å². The van der Waals surface area contributed by atoms with Crippen molar-refractivity contribution in [1.82, 2.24) is 21.3 Å². The summed E-state index contributed by atoms with van der Waals surface area (Å²) in [6, 6.07) is 9.88. The first-order valence-corrected chi connectivity index (χ1v) is 14.6. The highest BCUT2D eigenvalue weighted by Crippen LogP contribution is 2.33. The third-order valence-corrected chi connectivity index (χ3v) is 6.95. The van der Waals surface area contributed by atoms with E-state index in [0.717, 1.165) is 11.3 Å². The minimum Gasteiger partial charge on any atom is -0.368 e. The molecule has 2 rings (SSSR count). The van der Waals surface area contributed by atoms with Crippen molar-refractivity contribution in [2.45, 2.75) is 64.1 Å². The molecular formula is C29H39Cl2N7O5. The lowest BCUT2D eigenvalue weighted by Gasteiger charge is -2.18. The standard InChI is InChI=1S/C29H39Cl2N7O5/c1-17(32)28(42)38-23(27(33)41)12-13-24(39)36-18(2)29(43)35-15-6-5-14-34-25(40)16-19-8-3-4-11-22(19)37-26-20(30)9-7-10-21(26)31/h3-4,7-11,17-18,23,37H,5-6,12-16,32H2,1-2H3,(H2,33,41)(H,34,40)(H,35,43)(H,36,39)(H,38,42)/t17-,18-,23+/m0/s1. The van der Waals surface area contributed by atoms with E-state index in [4.69, 9.17) is 34.7 Å². The average molecular weight is 637 g/mol. The molecule has 0 aliphatic rings. The van der Waals surface area contributed by atoms with Crippen molar-refractivity contribution >= 4 is 64.1 Å². The number of carbonyl (C=O) groups is 5. The zero-order valence-electron chi connectivity index (χ0n) is 24.2. The van der Waals surface area contributed by atoms with Gasteiger partial charge in [0.25, 0.3) is 0 Å². The molecule has 12 nitrogen and oxygen atoms in total. The van der Waals surface area contributed by atoms with E-state index >= 15 is 0 Å². The van der Waals surface area contributed by atoms with Gasteiger partial charge < -0.3 is 38.1 Å². The van der Waals surface area contributed by atoms with Crippen LogP contribution in [0.25, 0.3) is 0 Å². The number of para-hydroxylation sites is 2. The maximum Gasteiger partial charge on any atom is 0.242 e. The maximum absolute atomic E-state index is 12.5. The summed E-state index contributed by atoms with van der Waals surface area (Å²) < 4.78 is 0.